The van der Waals surface area contributed by atoms with Gasteiger partial charge in [-0.25, -0.2) is 0 Å². The molecule has 8 heteroatoms. The van der Waals surface area contributed by atoms with Crippen molar-refractivity contribution in [3.8, 4) is 28.6 Å². The molecule has 0 saturated heterocycles. The van der Waals surface area contributed by atoms with Gasteiger partial charge >= 0.3 is 0 Å². The summed E-state index contributed by atoms with van der Waals surface area (Å²) in [6.07, 6.45) is 3.52. The minimum absolute atomic E-state index is 0.0241. The zero-order valence-corrected chi connectivity index (χ0v) is 17.5. The molecule has 30 heavy (non-hydrogen) atoms. The minimum Gasteiger partial charge on any atom is -0.497 e. The molecule has 2 aromatic heterocycles. The Kier molecular flexibility index (Phi) is 7.00. The second-order valence-electron chi connectivity index (χ2n) is 6.86. The fraction of sp³-hybridized carbons (Fsp3) is 0.364. The van der Waals surface area contributed by atoms with Gasteiger partial charge in [-0.1, -0.05) is 18.5 Å². The standard InChI is InChI=1S/C22H26N4O4/c1-4-6-13-25(5-2)20(28)15-26-14-17(9-12-19(26)27)22-23-21(24-30-22)16-7-10-18(29-3)11-8-16/h7-12,14H,4-6,13,15H2,1-3H3. The van der Waals surface area contributed by atoms with Gasteiger partial charge in [-0.3, -0.25) is 9.59 Å². The number of likely N-dealkylation sites (N-methyl/N-ethyl adjacent to an activating group) is 1. The van der Waals surface area contributed by atoms with Crippen LogP contribution in [0.4, 0.5) is 0 Å². The maximum atomic E-state index is 12.6. The number of hydrogen-bond acceptors (Lipinski definition) is 6. The maximum absolute atomic E-state index is 12.6. The van der Waals surface area contributed by atoms with E-state index in [0.717, 1.165) is 24.2 Å². The van der Waals surface area contributed by atoms with Crippen molar-refractivity contribution in [3.63, 3.8) is 0 Å². The molecule has 1 amide bonds. The summed E-state index contributed by atoms with van der Waals surface area (Å²) in [5, 5.41) is 4.02. The molecule has 0 bridgehead atoms. The molecular weight excluding hydrogens is 384 g/mol. The van der Waals surface area contributed by atoms with Crippen molar-refractivity contribution in [3.05, 3.63) is 52.9 Å². The van der Waals surface area contributed by atoms with Crippen LogP contribution in [-0.2, 0) is 11.3 Å². The van der Waals surface area contributed by atoms with Gasteiger partial charge in [-0.2, -0.15) is 4.98 Å². The van der Waals surface area contributed by atoms with Crippen LogP contribution in [0, 0.1) is 0 Å². The summed E-state index contributed by atoms with van der Waals surface area (Å²) in [6, 6.07) is 10.3. The third-order valence-corrected chi connectivity index (χ3v) is 4.83. The van der Waals surface area contributed by atoms with Crippen molar-refractivity contribution in [1.29, 1.82) is 0 Å². The van der Waals surface area contributed by atoms with Gasteiger partial charge in [0.1, 0.15) is 12.3 Å². The first-order valence-corrected chi connectivity index (χ1v) is 10.0. The van der Waals surface area contributed by atoms with Crippen LogP contribution in [0.15, 0.2) is 51.9 Å². The predicted octanol–water partition coefficient (Wildman–Crippen LogP) is 3.22. The summed E-state index contributed by atoms with van der Waals surface area (Å²) in [4.78, 5) is 31.0. The molecule has 0 atom stereocenters. The number of amides is 1. The Morgan fingerprint density at radius 1 is 1.13 bits per heavy atom. The number of nitrogens with zero attached hydrogens (tertiary/aromatic N) is 4. The van der Waals surface area contributed by atoms with Gasteiger partial charge in [-0.05, 0) is 43.7 Å². The molecule has 0 aliphatic carbocycles. The Hall–Kier alpha value is -3.42. The van der Waals surface area contributed by atoms with Crippen molar-refractivity contribution in [2.75, 3.05) is 20.2 Å². The number of carbonyl (C=O) groups is 1. The molecule has 0 saturated carbocycles. The quantitative estimate of drug-likeness (QED) is 0.538. The molecule has 3 aromatic rings. The molecule has 0 fully saturated rings. The third-order valence-electron chi connectivity index (χ3n) is 4.83. The Morgan fingerprint density at radius 2 is 1.87 bits per heavy atom. The highest BCUT2D eigenvalue weighted by Gasteiger charge is 2.15. The monoisotopic (exact) mass is 410 g/mol. The van der Waals surface area contributed by atoms with Gasteiger partial charge in [0, 0.05) is 30.9 Å². The van der Waals surface area contributed by atoms with Gasteiger partial charge < -0.3 is 18.7 Å². The molecule has 0 N–H and O–H groups in total. The van der Waals surface area contributed by atoms with Crippen LogP contribution >= 0.6 is 0 Å². The van der Waals surface area contributed by atoms with Crippen molar-refractivity contribution in [2.45, 2.75) is 33.2 Å². The molecular formula is C22H26N4O4. The van der Waals surface area contributed by atoms with Crippen molar-refractivity contribution >= 4 is 5.91 Å². The first-order valence-electron chi connectivity index (χ1n) is 10.0. The van der Waals surface area contributed by atoms with Crippen molar-refractivity contribution < 1.29 is 14.1 Å². The van der Waals surface area contributed by atoms with Crippen LogP contribution in [0.3, 0.4) is 0 Å². The van der Waals surface area contributed by atoms with Crippen LogP contribution in [0.5, 0.6) is 5.75 Å². The molecule has 8 nitrogen and oxygen atoms in total. The molecule has 158 valence electrons. The number of unbranched alkanes of at least 4 members (excludes halogenated alkanes) is 1. The number of rotatable bonds is 9. The van der Waals surface area contributed by atoms with Crippen LogP contribution in [-0.4, -0.2) is 45.7 Å². The fourth-order valence-corrected chi connectivity index (χ4v) is 3.03. The number of aromatic nitrogens is 3. The second kappa shape index (κ2) is 9.87. The SMILES string of the molecule is CCCCN(CC)C(=O)Cn1cc(-c2nc(-c3ccc(OC)cc3)no2)ccc1=O. The maximum Gasteiger partial charge on any atom is 0.259 e. The molecule has 0 aliphatic heterocycles. The zero-order valence-electron chi connectivity index (χ0n) is 17.5. The van der Waals surface area contributed by atoms with Crippen LogP contribution in [0.1, 0.15) is 26.7 Å². The van der Waals surface area contributed by atoms with E-state index in [9.17, 15) is 9.59 Å². The van der Waals surface area contributed by atoms with Crippen molar-refractivity contribution in [2.24, 2.45) is 0 Å². The molecule has 2 heterocycles. The number of hydrogen-bond donors (Lipinski definition) is 0. The lowest BCUT2D eigenvalue weighted by molar-refractivity contribution is -0.131. The van der Waals surface area contributed by atoms with Crippen LogP contribution in [0.25, 0.3) is 22.8 Å². The lowest BCUT2D eigenvalue weighted by Crippen LogP contribution is -2.36. The number of carbonyl (C=O) groups excluding carboxylic acids is 1. The number of ether oxygens (including phenoxy) is 1. The summed E-state index contributed by atoms with van der Waals surface area (Å²) >= 11 is 0. The van der Waals surface area contributed by atoms with E-state index in [1.54, 1.807) is 24.3 Å². The summed E-state index contributed by atoms with van der Waals surface area (Å²) in [6.45, 7) is 5.30. The average Bonchev–Trinajstić information content (AvgIpc) is 3.26. The second-order valence-corrected chi connectivity index (χ2v) is 6.86. The van der Waals surface area contributed by atoms with Gasteiger partial charge in [-0.15, -0.1) is 0 Å². The molecule has 0 spiro atoms. The lowest BCUT2D eigenvalue weighted by Gasteiger charge is -2.21. The highest BCUT2D eigenvalue weighted by Crippen LogP contribution is 2.23. The first-order chi connectivity index (χ1) is 14.5. The van der Waals surface area contributed by atoms with E-state index in [2.05, 4.69) is 17.1 Å². The Bertz CT molecular complexity index is 1040. The van der Waals surface area contributed by atoms with Gasteiger partial charge in [0.15, 0.2) is 0 Å². The van der Waals surface area contributed by atoms with Gasteiger partial charge in [0.25, 0.3) is 11.4 Å². The minimum atomic E-state index is -0.256. The smallest absolute Gasteiger partial charge is 0.259 e. The van der Waals surface area contributed by atoms with E-state index < -0.39 is 0 Å². The summed E-state index contributed by atoms with van der Waals surface area (Å²) in [5.41, 5.74) is 1.10. The number of methoxy groups -OCH3 is 1. The summed E-state index contributed by atoms with van der Waals surface area (Å²) in [7, 11) is 1.60. The van der Waals surface area contributed by atoms with E-state index in [0.29, 0.717) is 24.5 Å². The number of pyridine rings is 1. The molecule has 1 aromatic carbocycles. The topological polar surface area (TPSA) is 90.5 Å². The van der Waals surface area contributed by atoms with E-state index in [4.69, 9.17) is 9.26 Å². The van der Waals surface area contributed by atoms with Crippen LogP contribution < -0.4 is 10.3 Å². The van der Waals surface area contributed by atoms with E-state index >= 15 is 0 Å². The predicted molar refractivity (Wildman–Crippen MR) is 113 cm³/mol. The molecule has 3 rings (SSSR count). The largest absolute Gasteiger partial charge is 0.497 e. The lowest BCUT2D eigenvalue weighted by atomic mass is 10.2. The summed E-state index contributed by atoms with van der Waals surface area (Å²) in [5.74, 6) is 1.35. The van der Waals surface area contributed by atoms with E-state index in [1.807, 2.05) is 31.2 Å². The Labute approximate surface area is 175 Å². The molecule has 0 unspecified atom stereocenters. The Morgan fingerprint density at radius 3 is 2.53 bits per heavy atom. The molecule has 0 aliphatic rings. The van der Waals surface area contributed by atoms with E-state index in [-0.39, 0.29) is 23.9 Å². The highest BCUT2D eigenvalue weighted by molar-refractivity contribution is 5.76. The first kappa shape index (κ1) is 21.3. The average molecular weight is 410 g/mol. The third kappa shape index (κ3) is 4.94. The highest BCUT2D eigenvalue weighted by atomic mass is 16.5. The molecule has 0 radical (unpaired) electrons. The van der Waals surface area contributed by atoms with Gasteiger partial charge in [0.2, 0.25) is 11.7 Å². The summed E-state index contributed by atoms with van der Waals surface area (Å²) < 4.78 is 11.9. The normalized spacial score (nSPS) is 10.8. The fourth-order valence-electron chi connectivity index (χ4n) is 3.03. The Balaban J connectivity index is 1.80. The van der Waals surface area contributed by atoms with Crippen molar-refractivity contribution in [1.82, 2.24) is 19.6 Å². The number of benzene rings is 1. The zero-order chi connectivity index (χ0) is 21.5. The van der Waals surface area contributed by atoms with Gasteiger partial charge in [0.05, 0.1) is 12.7 Å². The van der Waals surface area contributed by atoms with E-state index in [1.165, 1.54) is 10.6 Å². The van der Waals surface area contributed by atoms with Crippen LogP contribution in [0.2, 0.25) is 0 Å².